The Morgan fingerprint density at radius 2 is 2.06 bits per heavy atom. The third-order valence-electron chi connectivity index (χ3n) is 3.32. The molecule has 0 aromatic heterocycles. The lowest BCUT2D eigenvalue weighted by Gasteiger charge is -2.23. The van der Waals surface area contributed by atoms with Gasteiger partial charge in [-0.05, 0) is 37.1 Å². The van der Waals surface area contributed by atoms with Gasteiger partial charge in [-0.3, -0.25) is 0 Å². The molecule has 0 aliphatic rings. The van der Waals surface area contributed by atoms with Crippen molar-refractivity contribution in [3.05, 3.63) is 29.3 Å². The second-order valence-corrected chi connectivity index (χ2v) is 4.38. The summed E-state index contributed by atoms with van der Waals surface area (Å²) < 4.78 is 5.37. The number of rotatable bonds is 5. The van der Waals surface area contributed by atoms with Crippen molar-refractivity contribution in [1.29, 1.82) is 0 Å². The zero-order valence-electron chi connectivity index (χ0n) is 11.0. The van der Waals surface area contributed by atoms with E-state index in [1.807, 2.05) is 7.05 Å². The first-order valence-electron chi connectivity index (χ1n) is 5.95. The van der Waals surface area contributed by atoms with E-state index in [4.69, 9.17) is 4.74 Å². The second-order valence-electron chi connectivity index (χ2n) is 4.38. The van der Waals surface area contributed by atoms with Crippen LogP contribution < -0.4 is 10.1 Å². The second kappa shape index (κ2) is 5.90. The first-order chi connectivity index (χ1) is 7.63. The summed E-state index contributed by atoms with van der Waals surface area (Å²) in [6, 6.07) is 6.86. The lowest BCUT2D eigenvalue weighted by atomic mass is 9.92. The molecule has 1 N–H and O–H groups in total. The molecule has 0 saturated carbocycles. The van der Waals surface area contributed by atoms with Crippen LogP contribution in [0, 0.1) is 12.8 Å². The summed E-state index contributed by atoms with van der Waals surface area (Å²) in [6.45, 7) is 6.56. The molecular weight excluding hydrogens is 198 g/mol. The molecule has 2 nitrogen and oxygen atoms in total. The maximum atomic E-state index is 5.37. The summed E-state index contributed by atoms with van der Waals surface area (Å²) in [5.74, 6) is 1.60. The normalized spacial score (nSPS) is 14.6. The van der Waals surface area contributed by atoms with E-state index in [9.17, 15) is 0 Å². The number of hydrogen-bond acceptors (Lipinski definition) is 2. The molecule has 0 fully saturated rings. The van der Waals surface area contributed by atoms with E-state index in [1.165, 1.54) is 17.5 Å². The van der Waals surface area contributed by atoms with Gasteiger partial charge in [0, 0.05) is 6.04 Å². The van der Waals surface area contributed by atoms with E-state index in [0.29, 0.717) is 12.0 Å². The zero-order valence-corrected chi connectivity index (χ0v) is 11.0. The highest BCUT2D eigenvalue weighted by Crippen LogP contribution is 2.28. The van der Waals surface area contributed by atoms with Gasteiger partial charge in [-0.1, -0.05) is 32.4 Å². The third kappa shape index (κ3) is 2.76. The highest BCUT2D eigenvalue weighted by molar-refractivity contribution is 5.38. The van der Waals surface area contributed by atoms with Crippen LogP contribution in [-0.4, -0.2) is 14.2 Å². The van der Waals surface area contributed by atoms with E-state index < -0.39 is 0 Å². The smallest absolute Gasteiger partial charge is 0.122 e. The van der Waals surface area contributed by atoms with Crippen LogP contribution in [-0.2, 0) is 0 Å². The predicted octanol–water partition coefficient (Wildman–Crippen LogP) is 3.31. The van der Waals surface area contributed by atoms with Gasteiger partial charge in [0.25, 0.3) is 0 Å². The van der Waals surface area contributed by atoms with E-state index in [1.54, 1.807) is 7.11 Å². The van der Waals surface area contributed by atoms with Crippen LogP contribution in [0.25, 0.3) is 0 Å². The van der Waals surface area contributed by atoms with Crippen LogP contribution in [0.1, 0.15) is 37.4 Å². The first-order valence-corrected chi connectivity index (χ1v) is 5.95. The average Bonchev–Trinajstić information content (AvgIpc) is 2.31. The zero-order chi connectivity index (χ0) is 12.1. The van der Waals surface area contributed by atoms with Crippen molar-refractivity contribution in [3.8, 4) is 5.75 Å². The summed E-state index contributed by atoms with van der Waals surface area (Å²) in [7, 11) is 3.74. The van der Waals surface area contributed by atoms with E-state index in [-0.39, 0.29) is 0 Å². The molecule has 1 aromatic carbocycles. The molecule has 1 aromatic rings. The van der Waals surface area contributed by atoms with Gasteiger partial charge in [0.05, 0.1) is 7.11 Å². The molecule has 2 heteroatoms. The molecule has 0 bridgehead atoms. The van der Waals surface area contributed by atoms with E-state index >= 15 is 0 Å². The van der Waals surface area contributed by atoms with Crippen LogP contribution in [0.2, 0.25) is 0 Å². The van der Waals surface area contributed by atoms with Gasteiger partial charge in [0.15, 0.2) is 0 Å². The monoisotopic (exact) mass is 221 g/mol. The predicted molar refractivity (Wildman–Crippen MR) is 69.0 cm³/mol. The molecule has 0 heterocycles. The minimum absolute atomic E-state index is 0.402. The standard InChI is InChI=1S/C14H23NO/c1-6-10(2)14(15-4)12-8-7-11(3)13(9-12)16-5/h7-10,14-15H,6H2,1-5H3. The van der Waals surface area contributed by atoms with Crippen molar-refractivity contribution in [2.24, 2.45) is 5.92 Å². The third-order valence-corrected chi connectivity index (χ3v) is 3.32. The summed E-state index contributed by atoms with van der Waals surface area (Å²) in [4.78, 5) is 0. The Kier molecular flexibility index (Phi) is 4.81. The van der Waals surface area contributed by atoms with Crippen LogP contribution in [0.5, 0.6) is 5.75 Å². The van der Waals surface area contributed by atoms with Crippen LogP contribution in [0.15, 0.2) is 18.2 Å². The van der Waals surface area contributed by atoms with Crippen molar-refractivity contribution in [2.75, 3.05) is 14.2 Å². The van der Waals surface area contributed by atoms with Crippen molar-refractivity contribution in [2.45, 2.75) is 33.2 Å². The topological polar surface area (TPSA) is 21.3 Å². The van der Waals surface area contributed by atoms with Gasteiger partial charge in [-0.15, -0.1) is 0 Å². The van der Waals surface area contributed by atoms with Crippen molar-refractivity contribution in [1.82, 2.24) is 5.32 Å². The highest BCUT2D eigenvalue weighted by atomic mass is 16.5. The summed E-state index contributed by atoms with van der Waals surface area (Å²) in [5, 5.41) is 3.38. The van der Waals surface area contributed by atoms with Crippen LogP contribution >= 0.6 is 0 Å². The number of ether oxygens (including phenoxy) is 1. The molecule has 0 aliphatic heterocycles. The van der Waals surface area contributed by atoms with Gasteiger partial charge >= 0.3 is 0 Å². The molecule has 0 spiro atoms. The number of methoxy groups -OCH3 is 1. The van der Waals surface area contributed by atoms with Crippen molar-refractivity contribution < 1.29 is 4.74 Å². The average molecular weight is 221 g/mol. The molecule has 1 rings (SSSR count). The first kappa shape index (κ1) is 13.0. The largest absolute Gasteiger partial charge is 0.496 e. The van der Waals surface area contributed by atoms with Crippen LogP contribution in [0.4, 0.5) is 0 Å². The molecule has 0 amide bonds. The Morgan fingerprint density at radius 3 is 2.56 bits per heavy atom. The minimum atomic E-state index is 0.402. The molecule has 0 aliphatic carbocycles. The molecular formula is C14H23NO. The molecule has 0 radical (unpaired) electrons. The lowest BCUT2D eigenvalue weighted by molar-refractivity contribution is 0.391. The number of benzene rings is 1. The maximum Gasteiger partial charge on any atom is 0.122 e. The van der Waals surface area contributed by atoms with Gasteiger partial charge < -0.3 is 10.1 Å². The summed E-state index contributed by atoms with van der Waals surface area (Å²) >= 11 is 0. The number of aryl methyl sites for hydroxylation is 1. The van der Waals surface area contributed by atoms with E-state index in [0.717, 1.165) is 5.75 Å². The fourth-order valence-corrected chi connectivity index (χ4v) is 2.05. The Morgan fingerprint density at radius 1 is 1.38 bits per heavy atom. The Hall–Kier alpha value is -1.02. The highest BCUT2D eigenvalue weighted by Gasteiger charge is 2.16. The van der Waals surface area contributed by atoms with Gasteiger partial charge in [-0.25, -0.2) is 0 Å². The van der Waals surface area contributed by atoms with Crippen LogP contribution in [0.3, 0.4) is 0 Å². The Labute approximate surface area is 99.0 Å². The molecule has 16 heavy (non-hydrogen) atoms. The summed E-state index contributed by atoms with van der Waals surface area (Å²) in [6.07, 6.45) is 1.17. The molecule has 90 valence electrons. The van der Waals surface area contributed by atoms with Crippen molar-refractivity contribution in [3.63, 3.8) is 0 Å². The SMILES string of the molecule is CCC(C)C(NC)c1ccc(C)c(OC)c1. The molecule has 2 atom stereocenters. The fourth-order valence-electron chi connectivity index (χ4n) is 2.05. The van der Waals surface area contributed by atoms with Gasteiger partial charge in [0.1, 0.15) is 5.75 Å². The van der Waals surface area contributed by atoms with Gasteiger partial charge in [0.2, 0.25) is 0 Å². The fraction of sp³-hybridized carbons (Fsp3) is 0.571. The Bertz CT molecular complexity index is 336. The lowest BCUT2D eigenvalue weighted by Crippen LogP contribution is -2.23. The molecule has 0 saturated heterocycles. The number of nitrogens with one attached hydrogen (secondary N) is 1. The molecule has 2 unspecified atom stereocenters. The van der Waals surface area contributed by atoms with E-state index in [2.05, 4.69) is 44.3 Å². The quantitative estimate of drug-likeness (QED) is 0.823. The minimum Gasteiger partial charge on any atom is -0.496 e. The number of hydrogen-bond donors (Lipinski definition) is 1. The van der Waals surface area contributed by atoms with Crippen molar-refractivity contribution >= 4 is 0 Å². The Balaban J connectivity index is 3.01. The summed E-state index contributed by atoms with van der Waals surface area (Å²) in [5.41, 5.74) is 2.49. The maximum absolute atomic E-state index is 5.37. The van der Waals surface area contributed by atoms with Gasteiger partial charge in [-0.2, -0.15) is 0 Å².